The molecule has 0 amide bonds. The second kappa shape index (κ2) is 5.33. The summed E-state index contributed by atoms with van der Waals surface area (Å²) in [6.45, 7) is 15.6. The molecule has 2 heterocycles. The Bertz CT molecular complexity index is 576. The molecule has 0 spiro atoms. The highest BCUT2D eigenvalue weighted by molar-refractivity contribution is 6.49. The lowest BCUT2D eigenvalue weighted by Crippen LogP contribution is -2.46. The van der Waals surface area contributed by atoms with E-state index in [4.69, 9.17) is 14.0 Å². The molecular formula is C19H29BO3. The van der Waals surface area contributed by atoms with Crippen LogP contribution in [0.5, 0.6) is 0 Å². The van der Waals surface area contributed by atoms with Gasteiger partial charge in [-0.05, 0) is 78.0 Å². The predicted octanol–water partition coefficient (Wildman–Crippen LogP) is 4.25. The van der Waals surface area contributed by atoms with Crippen LogP contribution in [-0.4, -0.2) is 24.9 Å². The second-order valence-electron chi connectivity index (χ2n) is 8.20. The van der Waals surface area contributed by atoms with Crippen molar-refractivity contribution < 1.29 is 14.0 Å². The molecular weight excluding hydrogens is 287 g/mol. The lowest BCUT2D eigenvalue weighted by Gasteiger charge is -2.34. The number of hydrogen-bond donors (Lipinski definition) is 0. The molecule has 3 nitrogen and oxygen atoms in total. The zero-order chi connectivity index (χ0) is 17.0. The maximum Gasteiger partial charge on any atom is 0.497 e. The Morgan fingerprint density at radius 1 is 0.913 bits per heavy atom. The molecule has 0 aliphatic carbocycles. The zero-order valence-electron chi connectivity index (χ0n) is 15.6. The Hall–Kier alpha value is -0.835. The zero-order valence-corrected chi connectivity index (χ0v) is 15.6. The van der Waals surface area contributed by atoms with Gasteiger partial charge in [-0.1, -0.05) is 17.7 Å². The summed E-state index contributed by atoms with van der Waals surface area (Å²) >= 11 is 0. The van der Waals surface area contributed by atoms with Crippen molar-refractivity contribution in [3.8, 4) is 0 Å². The van der Waals surface area contributed by atoms with Gasteiger partial charge < -0.3 is 14.0 Å². The summed E-state index contributed by atoms with van der Waals surface area (Å²) in [4.78, 5) is 0. The molecule has 3 rings (SSSR count). The highest BCUT2D eigenvalue weighted by Crippen LogP contribution is 2.49. The molecule has 0 N–H and O–H groups in total. The van der Waals surface area contributed by atoms with Gasteiger partial charge in [0.2, 0.25) is 0 Å². The number of ether oxygens (including phenoxy) is 1. The fourth-order valence-corrected chi connectivity index (χ4v) is 4.04. The van der Waals surface area contributed by atoms with E-state index in [2.05, 4.69) is 60.6 Å². The first-order valence-electron chi connectivity index (χ1n) is 8.67. The van der Waals surface area contributed by atoms with Crippen molar-refractivity contribution in [2.75, 3.05) is 6.61 Å². The van der Waals surface area contributed by atoms with Crippen LogP contribution < -0.4 is 0 Å². The predicted molar refractivity (Wildman–Crippen MR) is 93.6 cm³/mol. The first kappa shape index (κ1) is 17.0. The molecule has 23 heavy (non-hydrogen) atoms. The Kier molecular flexibility index (Phi) is 3.94. The number of hydrogen-bond acceptors (Lipinski definition) is 3. The van der Waals surface area contributed by atoms with E-state index in [1.165, 1.54) is 22.3 Å². The fraction of sp³-hybridized carbons (Fsp3) is 0.684. The molecule has 0 radical (unpaired) electrons. The first-order valence-corrected chi connectivity index (χ1v) is 8.67. The van der Waals surface area contributed by atoms with Crippen LogP contribution >= 0.6 is 0 Å². The quantitative estimate of drug-likeness (QED) is 0.764. The number of rotatable bonds is 2. The largest absolute Gasteiger partial charge is 0.497 e. The van der Waals surface area contributed by atoms with Gasteiger partial charge >= 0.3 is 7.12 Å². The molecule has 1 unspecified atom stereocenters. The van der Waals surface area contributed by atoms with Crippen molar-refractivity contribution in [1.82, 2.24) is 0 Å². The van der Waals surface area contributed by atoms with Crippen molar-refractivity contribution >= 4 is 7.12 Å². The maximum atomic E-state index is 6.40. The third-order valence-electron chi connectivity index (χ3n) is 5.79. The van der Waals surface area contributed by atoms with Crippen LogP contribution in [0.2, 0.25) is 0 Å². The van der Waals surface area contributed by atoms with Crippen molar-refractivity contribution in [2.45, 2.75) is 78.0 Å². The Morgan fingerprint density at radius 3 is 1.87 bits per heavy atom. The Labute approximate surface area is 140 Å². The molecule has 0 aromatic heterocycles. The lowest BCUT2D eigenvalue weighted by molar-refractivity contribution is 0.00578. The van der Waals surface area contributed by atoms with Gasteiger partial charge in [-0.25, -0.2) is 0 Å². The topological polar surface area (TPSA) is 27.7 Å². The van der Waals surface area contributed by atoms with Crippen LogP contribution in [0.3, 0.4) is 0 Å². The maximum absolute atomic E-state index is 6.40. The fourth-order valence-electron chi connectivity index (χ4n) is 4.04. The molecule has 1 aromatic rings. The minimum Gasteiger partial charge on any atom is -0.401 e. The van der Waals surface area contributed by atoms with Gasteiger partial charge in [0, 0.05) is 6.61 Å². The molecule has 0 bridgehead atoms. The first-order chi connectivity index (χ1) is 10.6. The highest BCUT2D eigenvalue weighted by Gasteiger charge is 2.62. The van der Waals surface area contributed by atoms with Crippen LogP contribution in [0.25, 0.3) is 0 Å². The summed E-state index contributed by atoms with van der Waals surface area (Å²) in [5.74, 6) is 0. The molecule has 2 aliphatic rings. The highest BCUT2D eigenvalue weighted by atomic mass is 16.7. The summed E-state index contributed by atoms with van der Waals surface area (Å²) in [6.07, 6.45) is 1.98. The van der Waals surface area contributed by atoms with Crippen molar-refractivity contribution in [3.63, 3.8) is 0 Å². The summed E-state index contributed by atoms with van der Waals surface area (Å²) in [5.41, 5.74) is 3.88. The van der Waals surface area contributed by atoms with Gasteiger partial charge in [0.05, 0.1) is 11.2 Å². The van der Waals surface area contributed by atoms with Crippen molar-refractivity contribution in [1.29, 1.82) is 0 Å². The van der Waals surface area contributed by atoms with Gasteiger partial charge in [-0.3, -0.25) is 0 Å². The molecule has 126 valence electrons. The van der Waals surface area contributed by atoms with Gasteiger partial charge in [0.15, 0.2) is 0 Å². The van der Waals surface area contributed by atoms with E-state index in [-0.39, 0.29) is 18.3 Å². The molecule has 1 atom stereocenters. The lowest BCUT2D eigenvalue weighted by atomic mass is 9.60. The summed E-state index contributed by atoms with van der Waals surface area (Å²) in [6, 6.07) is 4.47. The SMILES string of the molecule is Cc1cc(C)c(C2(B3OC(C)(C)C(C)(C)O3)CCCO2)c(C)c1. The van der Waals surface area contributed by atoms with Crippen molar-refractivity contribution in [3.05, 3.63) is 34.4 Å². The van der Waals surface area contributed by atoms with Crippen LogP contribution in [-0.2, 0) is 19.5 Å². The summed E-state index contributed by atoms with van der Waals surface area (Å²) < 4.78 is 19.1. The van der Waals surface area contributed by atoms with E-state index < -0.39 is 5.50 Å². The minimum absolute atomic E-state index is 0.344. The van der Waals surface area contributed by atoms with E-state index >= 15 is 0 Å². The van der Waals surface area contributed by atoms with Crippen LogP contribution in [0, 0.1) is 20.8 Å². The Balaban J connectivity index is 2.10. The van der Waals surface area contributed by atoms with E-state index in [1.54, 1.807) is 0 Å². The standard InChI is InChI=1S/C19H29BO3/c1-13-11-14(2)16(15(3)12-13)19(9-8-10-21-19)20-22-17(4,5)18(6,7)23-20/h11-12H,8-10H2,1-7H3. The molecule has 2 saturated heterocycles. The number of benzene rings is 1. The smallest absolute Gasteiger partial charge is 0.401 e. The van der Waals surface area contributed by atoms with E-state index in [1.807, 2.05) is 0 Å². The third kappa shape index (κ3) is 2.55. The second-order valence-corrected chi connectivity index (χ2v) is 8.20. The van der Waals surface area contributed by atoms with E-state index in [9.17, 15) is 0 Å². The van der Waals surface area contributed by atoms with Gasteiger partial charge in [0.25, 0.3) is 0 Å². The van der Waals surface area contributed by atoms with Crippen molar-refractivity contribution in [2.24, 2.45) is 0 Å². The molecule has 2 aliphatic heterocycles. The summed E-state index contributed by atoms with van der Waals surface area (Å²) in [7, 11) is -0.366. The normalized spacial score (nSPS) is 29.3. The van der Waals surface area contributed by atoms with Gasteiger partial charge in [0.1, 0.15) is 5.50 Å². The molecule has 1 aromatic carbocycles. The van der Waals surface area contributed by atoms with Crippen LogP contribution in [0.4, 0.5) is 0 Å². The molecule has 0 saturated carbocycles. The average Bonchev–Trinajstić information content (AvgIpc) is 2.93. The van der Waals surface area contributed by atoms with E-state index in [0.717, 1.165) is 19.4 Å². The molecule has 2 fully saturated rings. The van der Waals surface area contributed by atoms with Crippen LogP contribution in [0.15, 0.2) is 12.1 Å². The minimum atomic E-state index is -0.493. The van der Waals surface area contributed by atoms with E-state index in [0.29, 0.717) is 0 Å². The Morgan fingerprint density at radius 2 is 1.43 bits per heavy atom. The van der Waals surface area contributed by atoms with Crippen LogP contribution in [0.1, 0.15) is 62.8 Å². The number of aryl methyl sites for hydroxylation is 3. The third-order valence-corrected chi connectivity index (χ3v) is 5.79. The summed E-state index contributed by atoms with van der Waals surface area (Å²) in [5, 5.41) is 0. The molecule has 4 heteroatoms. The average molecular weight is 316 g/mol. The van der Waals surface area contributed by atoms with Gasteiger partial charge in [-0.2, -0.15) is 0 Å². The monoisotopic (exact) mass is 316 g/mol. The van der Waals surface area contributed by atoms with Gasteiger partial charge in [-0.15, -0.1) is 0 Å².